The van der Waals surface area contributed by atoms with Crippen LogP contribution in [0, 0.1) is 11.3 Å². The van der Waals surface area contributed by atoms with Crippen LogP contribution < -0.4 is 4.90 Å². The maximum atomic E-state index is 12.5. The molecular formula is C18H24N4O2S. The molecule has 2 saturated heterocycles. The normalized spacial score (nSPS) is 24.7. The molecule has 2 aliphatic rings. The van der Waals surface area contributed by atoms with Crippen LogP contribution in [0.3, 0.4) is 0 Å². The molecule has 4 rings (SSSR count). The topological polar surface area (TPSA) is 58.6 Å². The third-order valence-corrected chi connectivity index (χ3v) is 5.75. The number of amides is 1. The van der Waals surface area contributed by atoms with Gasteiger partial charge in [0, 0.05) is 38.0 Å². The van der Waals surface area contributed by atoms with Crippen molar-refractivity contribution in [2.24, 2.45) is 11.3 Å². The Bertz CT molecular complexity index is 777. The van der Waals surface area contributed by atoms with Crippen LogP contribution in [0.15, 0.2) is 17.6 Å². The van der Waals surface area contributed by atoms with Crippen LogP contribution in [0.2, 0.25) is 0 Å². The number of rotatable bonds is 3. The molecule has 0 N–H and O–H groups in total. The number of ether oxygens (including phenoxy) is 1. The van der Waals surface area contributed by atoms with Crippen LogP contribution in [0.5, 0.6) is 0 Å². The fraction of sp³-hybridized carbons (Fsp3) is 0.611. The lowest BCUT2D eigenvalue weighted by atomic mass is 9.87. The van der Waals surface area contributed by atoms with E-state index in [4.69, 9.17) is 9.72 Å². The van der Waals surface area contributed by atoms with Gasteiger partial charge in [-0.1, -0.05) is 13.8 Å². The number of hydrogen-bond acceptors (Lipinski definition) is 6. The van der Waals surface area contributed by atoms with Crippen LogP contribution in [0.1, 0.15) is 20.3 Å². The maximum Gasteiger partial charge on any atom is 0.226 e. The van der Waals surface area contributed by atoms with Gasteiger partial charge in [-0.3, -0.25) is 4.79 Å². The van der Waals surface area contributed by atoms with Gasteiger partial charge in [-0.25, -0.2) is 9.97 Å². The molecule has 1 spiro atoms. The SMILES string of the molecule is CC(C)CN1CC2(COCCN(c3ncc4sccc4n3)C2)CC1=O. The molecule has 0 bridgehead atoms. The van der Waals surface area contributed by atoms with Crippen molar-refractivity contribution in [1.29, 1.82) is 0 Å². The lowest BCUT2D eigenvalue weighted by Crippen LogP contribution is -2.41. The molecule has 2 aliphatic heterocycles. The zero-order chi connectivity index (χ0) is 17.4. The summed E-state index contributed by atoms with van der Waals surface area (Å²) in [6.07, 6.45) is 2.45. The standard InChI is InChI=1S/C18H24N4O2S/c1-13(2)9-22-11-18(7-16(22)23)10-21(4-5-24-12-18)17-19-8-15-14(20-17)3-6-25-15/h3,6,8,13H,4-5,7,9-12H2,1-2H3. The number of carbonyl (C=O) groups is 1. The Morgan fingerprint density at radius 3 is 3.12 bits per heavy atom. The molecule has 6 nitrogen and oxygen atoms in total. The van der Waals surface area contributed by atoms with Crippen molar-refractivity contribution < 1.29 is 9.53 Å². The Hall–Kier alpha value is -1.73. The number of carbonyl (C=O) groups excluding carboxylic acids is 1. The van der Waals surface area contributed by atoms with Crippen LogP contribution in [0.25, 0.3) is 10.2 Å². The Kier molecular flexibility index (Phi) is 4.37. The van der Waals surface area contributed by atoms with Gasteiger partial charge in [0.2, 0.25) is 11.9 Å². The fourth-order valence-corrected chi connectivity index (χ4v) is 4.56. The first-order chi connectivity index (χ1) is 12.0. The van der Waals surface area contributed by atoms with Gasteiger partial charge in [-0.15, -0.1) is 11.3 Å². The highest BCUT2D eigenvalue weighted by molar-refractivity contribution is 7.17. The summed E-state index contributed by atoms with van der Waals surface area (Å²) in [4.78, 5) is 26.0. The Balaban J connectivity index is 1.57. The number of aromatic nitrogens is 2. The second kappa shape index (κ2) is 6.53. The molecule has 0 aliphatic carbocycles. The zero-order valence-corrected chi connectivity index (χ0v) is 15.6. The molecule has 0 radical (unpaired) electrons. The third kappa shape index (κ3) is 3.35. The van der Waals surface area contributed by atoms with Gasteiger partial charge in [0.25, 0.3) is 0 Å². The number of hydrogen-bond donors (Lipinski definition) is 0. The fourth-order valence-electron chi connectivity index (χ4n) is 3.86. The van der Waals surface area contributed by atoms with Crippen molar-refractivity contribution in [3.05, 3.63) is 17.6 Å². The van der Waals surface area contributed by atoms with E-state index in [1.54, 1.807) is 11.3 Å². The summed E-state index contributed by atoms with van der Waals surface area (Å²) in [6, 6.07) is 2.03. The number of thiophene rings is 1. The van der Waals surface area contributed by atoms with Crippen LogP contribution in [0.4, 0.5) is 5.95 Å². The van der Waals surface area contributed by atoms with E-state index >= 15 is 0 Å². The van der Waals surface area contributed by atoms with Gasteiger partial charge in [0.15, 0.2) is 0 Å². The van der Waals surface area contributed by atoms with E-state index < -0.39 is 0 Å². The minimum Gasteiger partial charge on any atom is -0.379 e. The monoisotopic (exact) mass is 360 g/mol. The summed E-state index contributed by atoms with van der Waals surface area (Å²) in [6.45, 7) is 8.68. The average molecular weight is 360 g/mol. The summed E-state index contributed by atoms with van der Waals surface area (Å²) in [5.41, 5.74) is 0.827. The van der Waals surface area contributed by atoms with E-state index in [-0.39, 0.29) is 11.3 Å². The molecule has 1 amide bonds. The molecule has 0 saturated carbocycles. The Labute approximate surface area is 151 Å². The van der Waals surface area contributed by atoms with Crippen molar-refractivity contribution in [1.82, 2.24) is 14.9 Å². The average Bonchev–Trinajstić information content (AvgIpc) is 3.08. The first-order valence-corrected chi connectivity index (χ1v) is 9.73. The highest BCUT2D eigenvalue weighted by Crippen LogP contribution is 2.35. The van der Waals surface area contributed by atoms with Gasteiger partial charge in [0.05, 0.1) is 29.6 Å². The van der Waals surface area contributed by atoms with E-state index in [2.05, 4.69) is 23.7 Å². The minimum atomic E-state index is -0.157. The predicted octanol–water partition coefficient (Wildman–Crippen LogP) is 2.40. The van der Waals surface area contributed by atoms with E-state index in [0.29, 0.717) is 25.6 Å². The van der Waals surface area contributed by atoms with Crippen molar-refractivity contribution >= 4 is 33.4 Å². The summed E-state index contributed by atoms with van der Waals surface area (Å²) in [7, 11) is 0. The van der Waals surface area contributed by atoms with Crippen molar-refractivity contribution in [2.75, 3.05) is 44.3 Å². The summed E-state index contributed by atoms with van der Waals surface area (Å²) in [5, 5.41) is 2.04. The molecule has 4 heterocycles. The molecule has 2 aromatic rings. The Morgan fingerprint density at radius 1 is 1.40 bits per heavy atom. The lowest BCUT2D eigenvalue weighted by Gasteiger charge is -2.31. The largest absolute Gasteiger partial charge is 0.379 e. The molecule has 2 fully saturated rings. The van der Waals surface area contributed by atoms with Gasteiger partial charge in [-0.05, 0) is 17.4 Å². The molecule has 1 unspecified atom stereocenters. The summed E-state index contributed by atoms with van der Waals surface area (Å²) < 4.78 is 6.98. The van der Waals surface area contributed by atoms with Crippen LogP contribution in [-0.4, -0.2) is 60.2 Å². The highest BCUT2D eigenvalue weighted by Gasteiger charge is 2.46. The van der Waals surface area contributed by atoms with E-state index in [0.717, 1.165) is 42.3 Å². The number of likely N-dealkylation sites (tertiary alicyclic amines) is 1. The first kappa shape index (κ1) is 16.7. The summed E-state index contributed by atoms with van der Waals surface area (Å²) >= 11 is 1.65. The second-order valence-corrected chi connectivity index (χ2v) is 8.61. The van der Waals surface area contributed by atoms with Crippen molar-refractivity contribution in [3.8, 4) is 0 Å². The predicted molar refractivity (Wildman–Crippen MR) is 98.9 cm³/mol. The van der Waals surface area contributed by atoms with Crippen LogP contribution >= 0.6 is 11.3 Å². The molecule has 1 atom stereocenters. The molecular weight excluding hydrogens is 336 g/mol. The second-order valence-electron chi connectivity index (χ2n) is 7.66. The molecule has 134 valence electrons. The smallest absolute Gasteiger partial charge is 0.226 e. The van der Waals surface area contributed by atoms with Crippen LogP contribution in [-0.2, 0) is 9.53 Å². The number of anilines is 1. The molecule has 25 heavy (non-hydrogen) atoms. The van der Waals surface area contributed by atoms with E-state index in [9.17, 15) is 4.79 Å². The van der Waals surface area contributed by atoms with Crippen molar-refractivity contribution in [3.63, 3.8) is 0 Å². The van der Waals surface area contributed by atoms with Gasteiger partial charge >= 0.3 is 0 Å². The van der Waals surface area contributed by atoms with Gasteiger partial charge < -0.3 is 14.5 Å². The minimum absolute atomic E-state index is 0.157. The first-order valence-electron chi connectivity index (χ1n) is 8.85. The van der Waals surface area contributed by atoms with E-state index in [1.807, 2.05) is 22.5 Å². The quantitative estimate of drug-likeness (QED) is 0.841. The zero-order valence-electron chi connectivity index (χ0n) is 14.8. The number of fused-ring (bicyclic) bond motifs is 1. The third-order valence-electron chi connectivity index (χ3n) is 4.90. The molecule has 0 aromatic carbocycles. The molecule has 7 heteroatoms. The Morgan fingerprint density at radius 2 is 2.28 bits per heavy atom. The maximum absolute atomic E-state index is 12.5. The van der Waals surface area contributed by atoms with E-state index in [1.165, 1.54) is 0 Å². The highest BCUT2D eigenvalue weighted by atomic mass is 32.1. The van der Waals surface area contributed by atoms with Gasteiger partial charge in [0.1, 0.15) is 0 Å². The lowest BCUT2D eigenvalue weighted by molar-refractivity contribution is -0.128. The van der Waals surface area contributed by atoms with Crippen molar-refractivity contribution in [2.45, 2.75) is 20.3 Å². The van der Waals surface area contributed by atoms with Gasteiger partial charge in [-0.2, -0.15) is 0 Å². The number of nitrogens with zero attached hydrogens (tertiary/aromatic N) is 4. The summed E-state index contributed by atoms with van der Waals surface area (Å²) in [5.74, 6) is 1.46. The molecule has 2 aromatic heterocycles.